The van der Waals surface area contributed by atoms with Gasteiger partial charge in [0.2, 0.25) is 0 Å². The average Bonchev–Trinajstić information content (AvgIpc) is 3.59. The second-order valence-corrected chi connectivity index (χ2v) is 9.25. The lowest BCUT2D eigenvalue weighted by atomic mass is 9.85. The van der Waals surface area contributed by atoms with Gasteiger partial charge in [0.05, 0.1) is 18.9 Å². The van der Waals surface area contributed by atoms with Crippen molar-refractivity contribution in [3.8, 4) is 22.9 Å². The lowest BCUT2D eigenvalue weighted by Crippen LogP contribution is -2.05. The van der Waals surface area contributed by atoms with Gasteiger partial charge in [-0.2, -0.15) is 0 Å². The highest BCUT2D eigenvalue weighted by Crippen LogP contribution is 2.39. The van der Waals surface area contributed by atoms with Crippen LogP contribution in [0.1, 0.15) is 75.5 Å². The van der Waals surface area contributed by atoms with Gasteiger partial charge in [0, 0.05) is 22.4 Å². The first kappa shape index (κ1) is 23.3. The molecule has 2 heterocycles. The number of fused-ring (bicyclic) bond motifs is 1. The first-order chi connectivity index (χ1) is 17.3. The SMILES string of the molecule is CCCc1c(OCCCCOc2ccc(-c3nnn[nH]3)cc2)ccc2c(C3CCCCC3)noc12. The molecular weight excluding hydrogens is 442 g/mol. The fourth-order valence-electron chi connectivity index (χ4n) is 4.92. The number of nitrogens with one attached hydrogen (secondary N) is 1. The Balaban J connectivity index is 1.13. The van der Waals surface area contributed by atoms with E-state index in [1.165, 1.54) is 37.5 Å². The Kier molecular flexibility index (Phi) is 7.56. The maximum absolute atomic E-state index is 6.20. The van der Waals surface area contributed by atoms with E-state index in [9.17, 15) is 0 Å². The molecule has 1 saturated carbocycles. The number of hydrogen-bond donors (Lipinski definition) is 1. The standard InChI is InChI=1S/C27H33N5O3/c1-2-8-22-24(16-15-23-25(30-35-26(22)23)19-9-4-3-5-10-19)34-18-7-6-17-33-21-13-11-20(12-14-21)27-28-31-32-29-27/h11-16,19H,2-10,17-18H2,1H3,(H,28,29,31,32). The Morgan fingerprint density at radius 1 is 0.971 bits per heavy atom. The summed E-state index contributed by atoms with van der Waals surface area (Å²) in [7, 11) is 0. The molecule has 0 amide bonds. The summed E-state index contributed by atoms with van der Waals surface area (Å²) in [6.45, 7) is 3.47. The first-order valence-electron chi connectivity index (χ1n) is 12.8. The molecule has 8 nitrogen and oxygen atoms in total. The van der Waals surface area contributed by atoms with Gasteiger partial charge in [-0.05, 0) is 78.9 Å². The van der Waals surface area contributed by atoms with Crippen LogP contribution in [0.25, 0.3) is 22.4 Å². The number of H-pyrrole nitrogens is 1. The van der Waals surface area contributed by atoms with Crippen molar-refractivity contribution in [1.82, 2.24) is 25.8 Å². The molecule has 8 heteroatoms. The van der Waals surface area contributed by atoms with E-state index in [0.29, 0.717) is 25.0 Å². The van der Waals surface area contributed by atoms with Crippen LogP contribution in [-0.2, 0) is 6.42 Å². The lowest BCUT2D eigenvalue weighted by molar-refractivity contribution is 0.265. The molecule has 1 fully saturated rings. The Hall–Kier alpha value is -3.42. The van der Waals surface area contributed by atoms with Crippen molar-refractivity contribution in [2.24, 2.45) is 0 Å². The van der Waals surface area contributed by atoms with Crippen LogP contribution in [0.2, 0.25) is 0 Å². The zero-order valence-electron chi connectivity index (χ0n) is 20.3. The monoisotopic (exact) mass is 475 g/mol. The molecule has 0 unspecified atom stereocenters. The molecule has 0 bridgehead atoms. The average molecular weight is 476 g/mol. The zero-order chi connectivity index (χ0) is 23.9. The number of benzene rings is 2. The fourth-order valence-corrected chi connectivity index (χ4v) is 4.92. The van der Waals surface area contributed by atoms with Gasteiger partial charge in [-0.1, -0.05) is 37.8 Å². The van der Waals surface area contributed by atoms with Crippen LogP contribution in [0.15, 0.2) is 40.9 Å². The number of aromatic amines is 1. The minimum absolute atomic E-state index is 0.529. The van der Waals surface area contributed by atoms with Gasteiger partial charge in [0.25, 0.3) is 0 Å². The predicted octanol–water partition coefficient (Wildman–Crippen LogP) is 6.25. The summed E-state index contributed by atoms with van der Waals surface area (Å²) in [4.78, 5) is 0. The highest BCUT2D eigenvalue weighted by molar-refractivity contribution is 5.85. The van der Waals surface area contributed by atoms with Gasteiger partial charge >= 0.3 is 0 Å². The summed E-state index contributed by atoms with van der Waals surface area (Å²) < 4.78 is 18.0. The smallest absolute Gasteiger partial charge is 0.179 e. The Morgan fingerprint density at radius 2 is 1.77 bits per heavy atom. The molecule has 2 aromatic heterocycles. The second-order valence-electron chi connectivity index (χ2n) is 9.25. The second kappa shape index (κ2) is 11.3. The molecule has 5 rings (SSSR count). The molecule has 2 aromatic carbocycles. The van der Waals surface area contributed by atoms with Crippen LogP contribution in [0.4, 0.5) is 0 Å². The number of aromatic nitrogens is 5. The Morgan fingerprint density at radius 3 is 2.51 bits per heavy atom. The van der Waals surface area contributed by atoms with Gasteiger partial charge < -0.3 is 14.0 Å². The first-order valence-corrected chi connectivity index (χ1v) is 12.8. The molecule has 184 valence electrons. The van der Waals surface area contributed by atoms with Gasteiger partial charge in [0.1, 0.15) is 11.5 Å². The van der Waals surface area contributed by atoms with E-state index in [0.717, 1.165) is 59.6 Å². The van der Waals surface area contributed by atoms with Gasteiger partial charge in [-0.25, -0.2) is 5.10 Å². The van der Waals surface area contributed by atoms with E-state index in [1.54, 1.807) is 0 Å². The Labute approximate surface area is 205 Å². The third-order valence-corrected chi connectivity index (χ3v) is 6.76. The van der Waals surface area contributed by atoms with Gasteiger partial charge in [-0.15, -0.1) is 5.10 Å². The number of tetrazole rings is 1. The van der Waals surface area contributed by atoms with E-state index in [-0.39, 0.29) is 0 Å². The van der Waals surface area contributed by atoms with Crippen LogP contribution in [0, 0.1) is 0 Å². The van der Waals surface area contributed by atoms with E-state index in [4.69, 9.17) is 14.0 Å². The van der Waals surface area contributed by atoms with Crippen molar-refractivity contribution in [1.29, 1.82) is 0 Å². The summed E-state index contributed by atoms with van der Waals surface area (Å²) in [5, 5.41) is 19.6. The molecule has 0 aliphatic heterocycles. The molecule has 35 heavy (non-hydrogen) atoms. The number of nitrogens with zero attached hydrogens (tertiary/aromatic N) is 4. The van der Waals surface area contributed by atoms with E-state index >= 15 is 0 Å². The van der Waals surface area contributed by atoms with E-state index < -0.39 is 0 Å². The molecule has 1 N–H and O–H groups in total. The van der Waals surface area contributed by atoms with Crippen LogP contribution < -0.4 is 9.47 Å². The lowest BCUT2D eigenvalue weighted by Gasteiger charge is -2.19. The van der Waals surface area contributed by atoms with Crippen molar-refractivity contribution in [2.45, 2.75) is 70.6 Å². The normalized spacial score (nSPS) is 14.4. The fraction of sp³-hybridized carbons (Fsp3) is 0.481. The number of aryl methyl sites for hydroxylation is 1. The van der Waals surface area contributed by atoms with Crippen molar-refractivity contribution in [3.63, 3.8) is 0 Å². The van der Waals surface area contributed by atoms with Crippen LogP contribution >= 0.6 is 0 Å². The summed E-state index contributed by atoms with van der Waals surface area (Å²) >= 11 is 0. The highest BCUT2D eigenvalue weighted by Gasteiger charge is 2.23. The van der Waals surface area contributed by atoms with Crippen molar-refractivity contribution in [3.05, 3.63) is 47.7 Å². The minimum Gasteiger partial charge on any atom is -0.494 e. The summed E-state index contributed by atoms with van der Waals surface area (Å²) in [5.74, 6) is 2.92. The number of hydrogen-bond acceptors (Lipinski definition) is 7. The predicted molar refractivity (Wildman–Crippen MR) is 134 cm³/mol. The topological polar surface area (TPSA) is 99.0 Å². The molecule has 0 spiro atoms. The minimum atomic E-state index is 0.529. The van der Waals surface area contributed by atoms with E-state index in [2.05, 4.69) is 44.8 Å². The molecule has 1 aliphatic rings. The Bertz CT molecular complexity index is 1200. The molecule has 1 aliphatic carbocycles. The highest BCUT2D eigenvalue weighted by atomic mass is 16.5. The summed E-state index contributed by atoms with van der Waals surface area (Å²) in [6, 6.07) is 12.0. The molecule has 4 aromatic rings. The largest absolute Gasteiger partial charge is 0.494 e. The van der Waals surface area contributed by atoms with E-state index in [1.807, 2.05) is 24.3 Å². The number of unbranched alkanes of at least 4 members (excludes halogenated alkanes) is 1. The third kappa shape index (κ3) is 5.47. The number of rotatable bonds is 11. The molecule has 0 atom stereocenters. The van der Waals surface area contributed by atoms with Gasteiger partial charge in [-0.3, -0.25) is 0 Å². The van der Waals surface area contributed by atoms with Crippen LogP contribution in [0.3, 0.4) is 0 Å². The van der Waals surface area contributed by atoms with Gasteiger partial charge in [0.15, 0.2) is 11.4 Å². The summed E-state index contributed by atoms with van der Waals surface area (Å²) in [5.41, 5.74) is 4.13. The zero-order valence-corrected chi connectivity index (χ0v) is 20.3. The number of ether oxygens (including phenoxy) is 2. The van der Waals surface area contributed by atoms with Crippen LogP contribution in [-0.4, -0.2) is 39.0 Å². The summed E-state index contributed by atoms with van der Waals surface area (Å²) in [6.07, 6.45) is 10.1. The molecule has 0 saturated heterocycles. The quantitative estimate of drug-likeness (QED) is 0.256. The molecule has 0 radical (unpaired) electrons. The molecular formula is C27H33N5O3. The van der Waals surface area contributed by atoms with Crippen molar-refractivity contribution < 1.29 is 14.0 Å². The van der Waals surface area contributed by atoms with Crippen molar-refractivity contribution in [2.75, 3.05) is 13.2 Å². The third-order valence-electron chi connectivity index (χ3n) is 6.76. The maximum Gasteiger partial charge on any atom is 0.179 e. The maximum atomic E-state index is 6.20. The van der Waals surface area contributed by atoms with Crippen molar-refractivity contribution >= 4 is 11.0 Å². The van der Waals surface area contributed by atoms with Crippen LogP contribution in [0.5, 0.6) is 11.5 Å².